The van der Waals surface area contributed by atoms with Crippen LogP contribution in [0.3, 0.4) is 0 Å². The molecule has 2 atom stereocenters. The molecule has 2 aliphatic heterocycles. The molecule has 2 unspecified atom stereocenters. The van der Waals surface area contributed by atoms with Crippen molar-refractivity contribution in [2.75, 3.05) is 12.4 Å². The highest BCUT2D eigenvalue weighted by Gasteiger charge is 2.35. The molecule has 0 saturated carbocycles. The Morgan fingerprint density at radius 1 is 1.24 bits per heavy atom. The summed E-state index contributed by atoms with van der Waals surface area (Å²) in [6.45, 7) is 5.43. The lowest BCUT2D eigenvalue weighted by Gasteiger charge is -2.42. The van der Waals surface area contributed by atoms with Crippen molar-refractivity contribution in [3.05, 3.63) is 29.8 Å². The lowest BCUT2D eigenvalue weighted by atomic mass is 9.85. The smallest absolute Gasteiger partial charge is 0.0692 e. The van der Waals surface area contributed by atoms with Gasteiger partial charge in [-0.3, -0.25) is 0 Å². The van der Waals surface area contributed by atoms with Gasteiger partial charge in [0.15, 0.2) is 0 Å². The van der Waals surface area contributed by atoms with E-state index >= 15 is 0 Å². The van der Waals surface area contributed by atoms with Gasteiger partial charge in [0.25, 0.3) is 0 Å². The fourth-order valence-electron chi connectivity index (χ4n) is 3.71. The number of nitrogens with one attached hydrogen (secondary N) is 1. The Morgan fingerprint density at radius 3 is 2.86 bits per heavy atom. The summed E-state index contributed by atoms with van der Waals surface area (Å²) in [5.74, 6) is 1.23. The normalized spacial score (nSPS) is 28.1. The number of benzene rings is 1. The minimum absolute atomic E-state index is 0.110. The standard InChI is InChI=1S/C18H27NOS/c1-3-18(4-2)13-14(9-11-20-18)19-16-10-12-21-17-8-6-5-7-15(16)17/h5-8,14,16,19H,3-4,9-13H2,1-2H3. The van der Waals surface area contributed by atoms with Gasteiger partial charge in [-0.1, -0.05) is 32.0 Å². The Balaban J connectivity index is 1.70. The molecule has 2 heterocycles. The molecule has 2 aliphatic rings. The number of ether oxygens (including phenoxy) is 1. The first-order valence-electron chi connectivity index (χ1n) is 8.38. The highest BCUT2D eigenvalue weighted by molar-refractivity contribution is 7.99. The summed E-state index contributed by atoms with van der Waals surface area (Å²) >= 11 is 2.00. The topological polar surface area (TPSA) is 21.3 Å². The molecule has 0 aliphatic carbocycles. The Bertz CT molecular complexity index is 472. The van der Waals surface area contributed by atoms with Crippen molar-refractivity contribution in [3.8, 4) is 0 Å². The van der Waals surface area contributed by atoms with Crippen LogP contribution < -0.4 is 5.32 Å². The van der Waals surface area contributed by atoms with Gasteiger partial charge in [-0.05, 0) is 49.5 Å². The number of thioether (sulfide) groups is 1. The summed E-state index contributed by atoms with van der Waals surface area (Å²) in [7, 11) is 0. The van der Waals surface area contributed by atoms with Crippen LogP contribution in [0, 0.1) is 0 Å². The monoisotopic (exact) mass is 305 g/mol. The van der Waals surface area contributed by atoms with E-state index in [-0.39, 0.29) is 5.60 Å². The second-order valence-corrected chi connectivity index (χ2v) is 7.46. The van der Waals surface area contributed by atoms with Crippen LogP contribution in [0.15, 0.2) is 29.2 Å². The number of rotatable bonds is 4. The predicted octanol–water partition coefficient (Wildman–Crippen LogP) is 4.55. The van der Waals surface area contributed by atoms with E-state index in [0.29, 0.717) is 12.1 Å². The van der Waals surface area contributed by atoms with Crippen LogP contribution in [-0.2, 0) is 4.74 Å². The summed E-state index contributed by atoms with van der Waals surface area (Å²) in [4.78, 5) is 1.46. The molecule has 116 valence electrons. The van der Waals surface area contributed by atoms with Crippen LogP contribution in [0.4, 0.5) is 0 Å². The van der Waals surface area contributed by atoms with Crippen LogP contribution in [-0.4, -0.2) is 24.0 Å². The Hall–Kier alpha value is -0.510. The fourth-order valence-corrected chi connectivity index (χ4v) is 4.84. The SMILES string of the molecule is CCC1(CC)CC(NC2CCSc3ccccc32)CCO1. The molecule has 1 aromatic carbocycles. The molecule has 1 fully saturated rings. The van der Waals surface area contributed by atoms with Gasteiger partial charge in [0.05, 0.1) is 5.60 Å². The summed E-state index contributed by atoms with van der Waals surface area (Å²) in [6, 6.07) is 10.0. The zero-order chi connectivity index (χ0) is 14.7. The molecule has 1 N–H and O–H groups in total. The van der Waals surface area contributed by atoms with E-state index in [4.69, 9.17) is 4.74 Å². The molecular weight excluding hydrogens is 278 g/mol. The van der Waals surface area contributed by atoms with Gasteiger partial charge >= 0.3 is 0 Å². The summed E-state index contributed by atoms with van der Waals surface area (Å²) in [5, 5.41) is 3.94. The lowest BCUT2D eigenvalue weighted by molar-refractivity contribution is -0.0942. The molecule has 1 aromatic rings. The second-order valence-electron chi connectivity index (χ2n) is 6.32. The van der Waals surface area contributed by atoms with Crippen molar-refractivity contribution in [2.45, 2.75) is 68.5 Å². The van der Waals surface area contributed by atoms with E-state index in [9.17, 15) is 0 Å². The third-order valence-corrected chi connectivity index (χ3v) is 6.30. The van der Waals surface area contributed by atoms with Gasteiger partial charge in [-0.2, -0.15) is 0 Å². The molecule has 0 amide bonds. The first-order chi connectivity index (χ1) is 10.3. The zero-order valence-corrected chi connectivity index (χ0v) is 14.0. The van der Waals surface area contributed by atoms with Crippen LogP contribution in [0.2, 0.25) is 0 Å². The van der Waals surface area contributed by atoms with E-state index in [1.54, 1.807) is 0 Å². The van der Waals surface area contributed by atoms with Crippen LogP contribution in [0.5, 0.6) is 0 Å². The molecule has 3 heteroatoms. The van der Waals surface area contributed by atoms with E-state index in [0.717, 1.165) is 32.3 Å². The lowest BCUT2D eigenvalue weighted by Crippen LogP contribution is -2.47. The highest BCUT2D eigenvalue weighted by Crippen LogP contribution is 2.38. The van der Waals surface area contributed by atoms with Gasteiger partial charge in [-0.15, -0.1) is 11.8 Å². The molecule has 1 saturated heterocycles. The van der Waals surface area contributed by atoms with Crippen molar-refractivity contribution in [3.63, 3.8) is 0 Å². The Labute approximate surface area is 133 Å². The first-order valence-corrected chi connectivity index (χ1v) is 9.36. The summed E-state index contributed by atoms with van der Waals surface area (Å²) < 4.78 is 6.11. The maximum Gasteiger partial charge on any atom is 0.0692 e. The van der Waals surface area contributed by atoms with Gasteiger partial charge in [0.2, 0.25) is 0 Å². The predicted molar refractivity (Wildman–Crippen MR) is 89.9 cm³/mol. The minimum Gasteiger partial charge on any atom is -0.375 e. The average molecular weight is 305 g/mol. The molecule has 0 radical (unpaired) electrons. The van der Waals surface area contributed by atoms with Crippen molar-refractivity contribution in [2.24, 2.45) is 0 Å². The largest absolute Gasteiger partial charge is 0.375 e. The van der Waals surface area contributed by atoms with Crippen LogP contribution >= 0.6 is 11.8 Å². The zero-order valence-electron chi connectivity index (χ0n) is 13.2. The Morgan fingerprint density at radius 2 is 2.05 bits per heavy atom. The quantitative estimate of drug-likeness (QED) is 0.881. The molecule has 2 nitrogen and oxygen atoms in total. The van der Waals surface area contributed by atoms with Crippen LogP contribution in [0.25, 0.3) is 0 Å². The number of fused-ring (bicyclic) bond motifs is 1. The van der Waals surface area contributed by atoms with Crippen molar-refractivity contribution >= 4 is 11.8 Å². The maximum atomic E-state index is 6.11. The van der Waals surface area contributed by atoms with Gasteiger partial charge < -0.3 is 10.1 Å². The molecule has 0 spiro atoms. The second kappa shape index (κ2) is 6.72. The fraction of sp³-hybridized carbons (Fsp3) is 0.667. The third-order valence-electron chi connectivity index (χ3n) is 5.18. The van der Waals surface area contributed by atoms with Crippen LogP contribution in [0.1, 0.15) is 57.6 Å². The molecule has 0 aromatic heterocycles. The first kappa shape index (κ1) is 15.4. The third kappa shape index (κ3) is 3.30. The molecule has 3 rings (SSSR count). The number of hydrogen-bond donors (Lipinski definition) is 1. The Kier molecular flexibility index (Phi) is 4.92. The maximum absolute atomic E-state index is 6.11. The van der Waals surface area contributed by atoms with E-state index < -0.39 is 0 Å². The summed E-state index contributed by atoms with van der Waals surface area (Å²) in [6.07, 6.45) is 5.79. The molecular formula is C18H27NOS. The minimum atomic E-state index is 0.110. The van der Waals surface area contributed by atoms with E-state index in [2.05, 4.69) is 43.4 Å². The van der Waals surface area contributed by atoms with Crippen molar-refractivity contribution in [1.29, 1.82) is 0 Å². The van der Waals surface area contributed by atoms with E-state index in [1.165, 1.54) is 22.6 Å². The van der Waals surface area contributed by atoms with Gasteiger partial charge in [0.1, 0.15) is 0 Å². The highest BCUT2D eigenvalue weighted by atomic mass is 32.2. The average Bonchev–Trinajstić information content (AvgIpc) is 2.55. The van der Waals surface area contributed by atoms with E-state index in [1.807, 2.05) is 11.8 Å². The molecule has 21 heavy (non-hydrogen) atoms. The summed E-state index contributed by atoms with van der Waals surface area (Å²) in [5.41, 5.74) is 1.61. The van der Waals surface area contributed by atoms with Crippen molar-refractivity contribution < 1.29 is 4.74 Å². The van der Waals surface area contributed by atoms with Gasteiger partial charge in [-0.25, -0.2) is 0 Å². The number of hydrogen-bond acceptors (Lipinski definition) is 3. The molecule has 0 bridgehead atoms. The van der Waals surface area contributed by atoms with Crippen molar-refractivity contribution in [1.82, 2.24) is 5.32 Å². The van der Waals surface area contributed by atoms with Gasteiger partial charge in [0, 0.05) is 23.6 Å².